The first-order valence-electron chi connectivity index (χ1n) is 6.23. The average Bonchev–Trinajstić information content (AvgIpc) is 2.32. The SMILES string of the molecule is CC1CCC(C)N(c2ncc(CN)cc2Cl)C1. The Labute approximate surface area is 108 Å². The molecule has 2 unspecified atom stereocenters. The first-order valence-corrected chi connectivity index (χ1v) is 6.60. The van der Waals surface area contributed by atoms with Gasteiger partial charge in [0.1, 0.15) is 5.82 Å². The summed E-state index contributed by atoms with van der Waals surface area (Å²) in [5, 5.41) is 0.717. The number of halogens is 1. The topological polar surface area (TPSA) is 42.2 Å². The largest absolute Gasteiger partial charge is 0.352 e. The van der Waals surface area contributed by atoms with Gasteiger partial charge in [-0.05, 0) is 37.3 Å². The van der Waals surface area contributed by atoms with E-state index < -0.39 is 0 Å². The van der Waals surface area contributed by atoms with Crippen LogP contribution in [0.25, 0.3) is 0 Å². The molecule has 2 N–H and O–H groups in total. The minimum Gasteiger partial charge on any atom is -0.352 e. The summed E-state index contributed by atoms with van der Waals surface area (Å²) in [7, 11) is 0. The number of aromatic nitrogens is 1. The van der Waals surface area contributed by atoms with E-state index in [1.54, 1.807) is 0 Å². The van der Waals surface area contributed by atoms with Gasteiger partial charge >= 0.3 is 0 Å². The minimum atomic E-state index is 0.485. The molecule has 2 rings (SSSR count). The molecular formula is C13H20ClN3. The van der Waals surface area contributed by atoms with Gasteiger partial charge in [0.15, 0.2) is 0 Å². The van der Waals surface area contributed by atoms with Crippen molar-refractivity contribution < 1.29 is 0 Å². The molecule has 0 radical (unpaired) electrons. The Morgan fingerprint density at radius 3 is 2.88 bits per heavy atom. The highest BCUT2D eigenvalue weighted by Gasteiger charge is 2.25. The molecule has 1 aliphatic rings. The summed E-state index contributed by atoms with van der Waals surface area (Å²) < 4.78 is 0. The Balaban J connectivity index is 2.26. The van der Waals surface area contributed by atoms with Crippen molar-refractivity contribution in [3.63, 3.8) is 0 Å². The van der Waals surface area contributed by atoms with Crippen LogP contribution in [0.3, 0.4) is 0 Å². The van der Waals surface area contributed by atoms with E-state index in [1.807, 2.05) is 12.3 Å². The summed E-state index contributed by atoms with van der Waals surface area (Å²) in [6.07, 6.45) is 4.32. The summed E-state index contributed by atoms with van der Waals surface area (Å²) in [6.45, 7) is 6.04. The highest BCUT2D eigenvalue weighted by molar-refractivity contribution is 6.33. The average molecular weight is 254 g/mol. The van der Waals surface area contributed by atoms with Crippen LogP contribution in [0, 0.1) is 5.92 Å². The molecule has 0 amide bonds. The molecule has 94 valence electrons. The zero-order valence-corrected chi connectivity index (χ0v) is 11.2. The smallest absolute Gasteiger partial charge is 0.147 e. The van der Waals surface area contributed by atoms with Gasteiger partial charge in [0, 0.05) is 25.3 Å². The lowest BCUT2D eigenvalue weighted by Crippen LogP contribution is -2.41. The number of anilines is 1. The maximum atomic E-state index is 6.29. The lowest BCUT2D eigenvalue weighted by molar-refractivity contribution is 0.388. The zero-order valence-electron chi connectivity index (χ0n) is 10.5. The summed E-state index contributed by atoms with van der Waals surface area (Å²) in [5.41, 5.74) is 6.57. The standard InChI is InChI=1S/C13H20ClN3/c1-9-3-4-10(2)17(8-9)13-12(14)5-11(6-15)7-16-13/h5,7,9-10H,3-4,6,8,15H2,1-2H3. The van der Waals surface area contributed by atoms with Gasteiger partial charge in [-0.3, -0.25) is 0 Å². The molecule has 1 saturated heterocycles. The molecule has 17 heavy (non-hydrogen) atoms. The van der Waals surface area contributed by atoms with Crippen molar-refractivity contribution in [3.05, 3.63) is 22.8 Å². The van der Waals surface area contributed by atoms with E-state index in [0.717, 1.165) is 17.9 Å². The Bertz CT molecular complexity index is 394. The van der Waals surface area contributed by atoms with E-state index in [2.05, 4.69) is 23.7 Å². The van der Waals surface area contributed by atoms with Gasteiger partial charge in [-0.1, -0.05) is 18.5 Å². The molecule has 2 heterocycles. The normalized spacial score (nSPS) is 25.1. The molecule has 0 aromatic carbocycles. The number of rotatable bonds is 2. The number of nitrogens with zero attached hydrogens (tertiary/aromatic N) is 2. The van der Waals surface area contributed by atoms with Crippen molar-refractivity contribution in [3.8, 4) is 0 Å². The fourth-order valence-electron chi connectivity index (χ4n) is 2.38. The molecule has 2 atom stereocenters. The molecule has 3 nitrogen and oxygen atoms in total. The van der Waals surface area contributed by atoms with Gasteiger partial charge in [0.25, 0.3) is 0 Å². The van der Waals surface area contributed by atoms with E-state index in [1.165, 1.54) is 12.8 Å². The molecule has 1 aromatic heterocycles. The maximum absolute atomic E-state index is 6.29. The number of hydrogen-bond acceptors (Lipinski definition) is 3. The molecule has 1 aliphatic heterocycles. The summed E-state index contributed by atoms with van der Waals surface area (Å²) in [6, 6.07) is 2.44. The van der Waals surface area contributed by atoms with Crippen molar-refractivity contribution in [1.29, 1.82) is 0 Å². The minimum absolute atomic E-state index is 0.485. The number of piperidine rings is 1. The second-order valence-electron chi connectivity index (χ2n) is 5.04. The Hall–Kier alpha value is -0.800. The third kappa shape index (κ3) is 2.72. The third-order valence-electron chi connectivity index (χ3n) is 3.50. The van der Waals surface area contributed by atoms with Gasteiger partial charge in [-0.15, -0.1) is 0 Å². The van der Waals surface area contributed by atoms with Gasteiger partial charge in [-0.2, -0.15) is 0 Å². The Morgan fingerprint density at radius 1 is 1.47 bits per heavy atom. The van der Waals surface area contributed by atoms with Crippen LogP contribution in [0.5, 0.6) is 0 Å². The van der Waals surface area contributed by atoms with Crippen molar-refractivity contribution in [1.82, 2.24) is 4.98 Å². The van der Waals surface area contributed by atoms with Crippen LogP contribution in [0.1, 0.15) is 32.3 Å². The van der Waals surface area contributed by atoms with Crippen LogP contribution in [-0.2, 0) is 6.54 Å². The highest BCUT2D eigenvalue weighted by Crippen LogP contribution is 2.31. The first kappa shape index (κ1) is 12.7. The second kappa shape index (κ2) is 5.23. The monoisotopic (exact) mass is 253 g/mol. The number of pyridine rings is 1. The molecule has 0 aliphatic carbocycles. The predicted molar refractivity (Wildman–Crippen MR) is 72.3 cm³/mol. The van der Waals surface area contributed by atoms with Crippen molar-refractivity contribution in [2.24, 2.45) is 11.7 Å². The third-order valence-corrected chi connectivity index (χ3v) is 3.78. The molecule has 1 fully saturated rings. The van der Waals surface area contributed by atoms with Crippen LogP contribution in [0.15, 0.2) is 12.3 Å². The van der Waals surface area contributed by atoms with Crippen molar-refractivity contribution in [2.45, 2.75) is 39.3 Å². The number of nitrogens with two attached hydrogens (primary N) is 1. The molecule has 0 saturated carbocycles. The summed E-state index contributed by atoms with van der Waals surface area (Å²) >= 11 is 6.29. The second-order valence-corrected chi connectivity index (χ2v) is 5.44. The molecule has 1 aromatic rings. The Kier molecular flexibility index (Phi) is 3.89. The molecule has 4 heteroatoms. The summed E-state index contributed by atoms with van der Waals surface area (Å²) in [5.74, 6) is 1.61. The van der Waals surface area contributed by atoms with Crippen molar-refractivity contribution in [2.75, 3.05) is 11.4 Å². The van der Waals surface area contributed by atoms with E-state index in [9.17, 15) is 0 Å². The highest BCUT2D eigenvalue weighted by atomic mass is 35.5. The fraction of sp³-hybridized carbons (Fsp3) is 0.615. The van der Waals surface area contributed by atoms with E-state index >= 15 is 0 Å². The van der Waals surface area contributed by atoms with E-state index in [4.69, 9.17) is 17.3 Å². The van der Waals surface area contributed by atoms with Gasteiger partial charge < -0.3 is 10.6 Å². The van der Waals surface area contributed by atoms with Crippen LogP contribution >= 0.6 is 11.6 Å². The quantitative estimate of drug-likeness (QED) is 0.881. The van der Waals surface area contributed by atoms with Crippen LogP contribution in [-0.4, -0.2) is 17.6 Å². The predicted octanol–water partition coefficient (Wildman–Crippen LogP) is 2.82. The van der Waals surface area contributed by atoms with E-state index in [-0.39, 0.29) is 0 Å². The maximum Gasteiger partial charge on any atom is 0.147 e. The molecule has 0 bridgehead atoms. The summed E-state index contributed by atoms with van der Waals surface area (Å²) in [4.78, 5) is 6.79. The van der Waals surface area contributed by atoms with Crippen molar-refractivity contribution >= 4 is 17.4 Å². The molecular weight excluding hydrogens is 234 g/mol. The number of hydrogen-bond donors (Lipinski definition) is 1. The lowest BCUT2D eigenvalue weighted by atomic mass is 9.95. The van der Waals surface area contributed by atoms with Gasteiger partial charge in [0.05, 0.1) is 5.02 Å². The fourth-order valence-corrected chi connectivity index (χ4v) is 2.67. The van der Waals surface area contributed by atoms with E-state index in [0.29, 0.717) is 23.5 Å². The van der Waals surface area contributed by atoms with Crippen LogP contribution < -0.4 is 10.6 Å². The molecule has 0 spiro atoms. The van der Waals surface area contributed by atoms with Gasteiger partial charge in [0.2, 0.25) is 0 Å². The first-order chi connectivity index (χ1) is 8.11. The lowest BCUT2D eigenvalue weighted by Gasteiger charge is -2.38. The van der Waals surface area contributed by atoms with Gasteiger partial charge in [-0.25, -0.2) is 4.98 Å². The van der Waals surface area contributed by atoms with Crippen LogP contribution in [0.4, 0.5) is 5.82 Å². The zero-order chi connectivity index (χ0) is 12.4. The van der Waals surface area contributed by atoms with Crippen LogP contribution in [0.2, 0.25) is 5.02 Å². The Morgan fingerprint density at radius 2 is 2.24 bits per heavy atom.